The van der Waals surface area contributed by atoms with Crippen molar-refractivity contribution >= 4 is 42.1 Å². The SMILES string of the molecule is CCCC(COP(=O)(OCCSC=O)OCCSC(=O)C(C)(C)C)OC. The lowest BCUT2D eigenvalue weighted by Crippen LogP contribution is -2.19. The van der Waals surface area contributed by atoms with Crippen LogP contribution in [0.2, 0.25) is 0 Å². The number of methoxy groups -OCH3 is 1. The van der Waals surface area contributed by atoms with Gasteiger partial charge in [0.25, 0.3) is 0 Å². The Morgan fingerprint density at radius 1 is 1.15 bits per heavy atom. The molecule has 0 aromatic heterocycles. The number of thioether (sulfide) groups is 2. The van der Waals surface area contributed by atoms with Crippen LogP contribution in [0, 0.1) is 5.41 Å². The van der Waals surface area contributed by atoms with Gasteiger partial charge >= 0.3 is 7.82 Å². The van der Waals surface area contributed by atoms with Gasteiger partial charge in [0.05, 0.1) is 25.9 Å². The van der Waals surface area contributed by atoms with E-state index in [0.717, 1.165) is 36.4 Å². The molecule has 154 valence electrons. The number of phosphoric ester groups is 1. The van der Waals surface area contributed by atoms with Gasteiger partial charge < -0.3 is 4.74 Å². The molecule has 0 aromatic carbocycles. The van der Waals surface area contributed by atoms with E-state index in [9.17, 15) is 14.2 Å². The van der Waals surface area contributed by atoms with Gasteiger partial charge in [0.2, 0.25) is 0 Å². The second-order valence-corrected chi connectivity index (χ2v) is 10.1. The minimum Gasteiger partial charge on any atom is -0.379 e. The fourth-order valence-electron chi connectivity index (χ4n) is 1.62. The quantitative estimate of drug-likeness (QED) is 0.215. The number of ether oxygens (including phenoxy) is 1. The normalized spacial score (nSPS) is 15.4. The highest BCUT2D eigenvalue weighted by atomic mass is 32.2. The van der Waals surface area contributed by atoms with Crippen LogP contribution in [0.25, 0.3) is 0 Å². The van der Waals surface area contributed by atoms with Crippen LogP contribution in [-0.2, 0) is 32.5 Å². The van der Waals surface area contributed by atoms with E-state index in [1.807, 2.05) is 27.7 Å². The molecule has 0 heterocycles. The van der Waals surface area contributed by atoms with Crippen molar-refractivity contribution in [3.8, 4) is 0 Å². The molecule has 0 aliphatic carbocycles. The summed E-state index contributed by atoms with van der Waals surface area (Å²) < 4.78 is 34.0. The summed E-state index contributed by atoms with van der Waals surface area (Å²) >= 11 is 2.13. The molecule has 2 atom stereocenters. The summed E-state index contributed by atoms with van der Waals surface area (Å²) in [6.45, 7) is 7.71. The Bertz CT molecular complexity index is 454. The molecular weight excluding hydrogens is 399 g/mol. The molecule has 0 aromatic rings. The number of carbonyl (C=O) groups is 2. The van der Waals surface area contributed by atoms with Crippen molar-refractivity contribution in [2.75, 3.05) is 38.4 Å². The smallest absolute Gasteiger partial charge is 0.379 e. The van der Waals surface area contributed by atoms with Gasteiger partial charge in [0, 0.05) is 24.0 Å². The van der Waals surface area contributed by atoms with Gasteiger partial charge in [-0.15, -0.1) is 0 Å². The van der Waals surface area contributed by atoms with Gasteiger partial charge in [0.15, 0.2) is 10.7 Å². The Morgan fingerprint density at radius 2 is 1.77 bits per heavy atom. The van der Waals surface area contributed by atoms with Crippen molar-refractivity contribution in [3.63, 3.8) is 0 Å². The van der Waals surface area contributed by atoms with Crippen molar-refractivity contribution in [1.82, 2.24) is 0 Å². The molecule has 10 heteroatoms. The van der Waals surface area contributed by atoms with Crippen molar-refractivity contribution in [3.05, 3.63) is 0 Å². The molecule has 7 nitrogen and oxygen atoms in total. The van der Waals surface area contributed by atoms with Crippen LogP contribution in [0.1, 0.15) is 40.5 Å². The van der Waals surface area contributed by atoms with E-state index in [2.05, 4.69) is 0 Å². The highest BCUT2D eigenvalue weighted by molar-refractivity contribution is 8.13. The van der Waals surface area contributed by atoms with Gasteiger partial charge in [-0.05, 0) is 6.42 Å². The summed E-state index contributed by atoms with van der Waals surface area (Å²) in [7, 11) is -2.22. The van der Waals surface area contributed by atoms with E-state index in [-0.39, 0.29) is 31.0 Å². The number of hydrogen-bond donors (Lipinski definition) is 0. The Kier molecular flexibility index (Phi) is 14.2. The minimum absolute atomic E-state index is 0.0301. The van der Waals surface area contributed by atoms with E-state index in [0.29, 0.717) is 17.1 Å². The fourth-order valence-corrected chi connectivity index (χ4v) is 4.13. The summed E-state index contributed by atoms with van der Waals surface area (Å²) in [5, 5.41) is 0.0301. The molecule has 2 unspecified atom stereocenters. The molecule has 0 aliphatic rings. The molecule has 26 heavy (non-hydrogen) atoms. The maximum atomic E-state index is 12.7. The molecule has 0 N–H and O–H groups in total. The first-order valence-electron chi connectivity index (χ1n) is 8.47. The van der Waals surface area contributed by atoms with Crippen LogP contribution in [0.5, 0.6) is 0 Å². The molecule has 0 bridgehead atoms. The molecule has 0 spiro atoms. The number of rotatable bonds is 15. The lowest BCUT2D eigenvalue weighted by atomic mass is 10.00. The third kappa shape index (κ3) is 12.5. The van der Waals surface area contributed by atoms with Crippen LogP contribution in [-0.4, -0.2) is 55.3 Å². The summed E-state index contributed by atoms with van der Waals surface area (Å²) in [6.07, 6.45) is 1.45. The van der Waals surface area contributed by atoms with E-state index in [1.165, 1.54) is 0 Å². The van der Waals surface area contributed by atoms with Crippen LogP contribution < -0.4 is 0 Å². The summed E-state index contributed by atoms with van der Waals surface area (Å²) in [5.41, 5.74) is 0.242. The maximum absolute atomic E-state index is 12.7. The van der Waals surface area contributed by atoms with Gasteiger partial charge in [-0.25, -0.2) is 4.57 Å². The molecule has 0 rings (SSSR count). The highest BCUT2D eigenvalue weighted by Crippen LogP contribution is 2.49. The number of carbonyl (C=O) groups excluding carboxylic acids is 2. The molecule has 0 saturated carbocycles. The molecule has 0 radical (unpaired) electrons. The van der Waals surface area contributed by atoms with Crippen molar-refractivity contribution in [2.45, 2.75) is 46.6 Å². The number of hydrogen-bond acceptors (Lipinski definition) is 9. The first-order chi connectivity index (χ1) is 12.2. The Balaban J connectivity index is 4.54. The summed E-state index contributed by atoms with van der Waals surface area (Å²) in [4.78, 5) is 22.2. The first kappa shape index (κ1) is 26.1. The summed E-state index contributed by atoms with van der Waals surface area (Å²) in [5.74, 6) is 0.693. The van der Waals surface area contributed by atoms with E-state index >= 15 is 0 Å². The zero-order chi connectivity index (χ0) is 20.1. The van der Waals surface area contributed by atoms with E-state index in [4.69, 9.17) is 18.3 Å². The number of phosphoric acid groups is 1. The average Bonchev–Trinajstić information content (AvgIpc) is 2.58. The Morgan fingerprint density at radius 3 is 2.27 bits per heavy atom. The average molecular weight is 431 g/mol. The monoisotopic (exact) mass is 430 g/mol. The van der Waals surface area contributed by atoms with Gasteiger partial charge in [-0.1, -0.05) is 57.6 Å². The Hall–Kier alpha value is 0.110. The molecule has 0 saturated heterocycles. The standard InChI is InChI=1S/C16H31O7PS2/c1-6-7-14(20-5)12-23-24(19,21-8-10-25-13-17)22-9-11-26-15(18)16(2,3)4/h13-14H,6-12H2,1-5H3. The first-order valence-corrected chi connectivity index (χ1v) is 12.0. The topological polar surface area (TPSA) is 88.1 Å². The van der Waals surface area contributed by atoms with Crippen molar-refractivity contribution in [1.29, 1.82) is 0 Å². The minimum atomic E-state index is -3.78. The zero-order valence-electron chi connectivity index (χ0n) is 16.2. The molecular formula is C16H31O7PS2. The third-order valence-corrected chi connectivity index (χ3v) is 6.31. The predicted molar refractivity (Wildman–Crippen MR) is 107 cm³/mol. The largest absolute Gasteiger partial charge is 0.474 e. The van der Waals surface area contributed by atoms with E-state index in [1.54, 1.807) is 7.11 Å². The van der Waals surface area contributed by atoms with Crippen LogP contribution >= 0.6 is 31.3 Å². The second-order valence-electron chi connectivity index (χ2n) is 6.41. The van der Waals surface area contributed by atoms with Crippen molar-refractivity contribution in [2.24, 2.45) is 5.41 Å². The molecule has 0 amide bonds. The third-order valence-electron chi connectivity index (χ3n) is 3.06. The van der Waals surface area contributed by atoms with Crippen LogP contribution in [0.4, 0.5) is 0 Å². The Labute approximate surface area is 165 Å². The lowest BCUT2D eigenvalue weighted by molar-refractivity contribution is -0.117. The maximum Gasteiger partial charge on any atom is 0.474 e. The highest BCUT2D eigenvalue weighted by Gasteiger charge is 2.29. The summed E-state index contributed by atoms with van der Waals surface area (Å²) in [6, 6.07) is 0. The lowest BCUT2D eigenvalue weighted by Gasteiger charge is -2.21. The zero-order valence-corrected chi connectivity index (χ0v) is 18.8. The van der Waals surface area contributed by atoms with Crippen LogP contribution in [0.3, 0.4) is 0 Å². The van der Waals surface area contributed by atoms with Gasteiger partial charge in [-0.2, -0.15) is 0 Å². The van der Waals surface area contributed by atoms with Crippen molar-refractivity contribution < 1.29 is 32.5 Å². The predicted octanol–water partition coefficient (Wildman–Crippen LogP) is 4.19. The second kappa shape index (κ2) is 14.2. The van der Waals surface area contributed by atoms with E-state index < -0.39 is 13.2 Å². The van der Waals surface area contributed by atoms with Gasteiger partial charge in [0.1, 0.15) is 0 Å². The molecule has 0 fully saturated rings. The van der Waals surface area contributed by atoms with Crippen LogP contribution in [0.15, 0.2) is 0 Å². The fraction of sp³-hybridized carbons (Fsp3) is 0.875. The van der Waals surface area contributed by atoms with Gasteiger partial charge in [-0.3, -0.25) is 23.2 Å². The molecule has 0 aliphatic heterocycles.